The molecule has 0 unspecified atom stereocenters. The number of carbonyl (C=O) groups is 1. The van der Waals surface area contributed by atoms with Crippen molar-refractivity contribution >= 4 is 5.91 Å². The van der Waals surface area contributed by atoms with Gasteiger partial charge in [0.15, 0.2) is 0 Å². The van der Waals surface area contributed by atoms with E-state index in [1.54, 1.807) is 12.3 Å². The lowest BCUT2D eigenvalue weighted by atomic mass is 10.2. The molecule has 2 rings (SSSR count). The smallest absolute Gasteiger partial charge is 0.253 e. The van der Waals surface area contributed by atoms with E-state index in [0.717, 1.165) is 5.69 Å². The molecule has 0 fully saturated rings. The number of nitriles is 1. The van der Waals surface area contributed by atoms with Crippen LogP contribution < -0.4 is 5.32 Å². The van der Waals surface area contributed by atoms with E-state index in [1.807, 2.05) is 18.2 Å². The van der Waals surface area contributed by atoms with Gasteiger partial charge in [0.1, 0.15) is 11.8 Å². The fourth-order valence-corrected chi connectivity index (χ4v) is 1.35. The highest BCUT2D eigenvalue weighted by Crippen LogP contribution is 2.00. The number of amides is 1. The van der Waals surface area contributed by atoms with Gasteiger partial charge in [0, 0.05) is 18.1 Å². The molecule has 5 heteroatoms. The second-order valence-corrected chi connectivity index (χ2v) is 3.42. The predicted molar refractivity (Wildman–Crippen MR) is 60.9 cm³/mol. The quantitative estimate of drug-likeness (QED) is 0.825. The molecule has 2 heterocycles. The van der Waals surface area contributed by atoms with Crippen molar-refractivity contribution in [3.8, 4) is 6.07 Å². The number of nitrogens with zero attached hydrogens (tertiary/aromatic N) is 2. The second-order valence-electron chi connectivity index (χ2n) is 3.42. The normalized spacial score (nSPS) is 9.59. The summed E-state index contributed by atoms with van der Waals surface area (Å²) in [6.45, 7) is 0.436. The van der Waals surface area contributed by atoms with Gasteiger partial charge in [-0.15, -0.1) is 0 Å². The van der Waals surface area contributed by atoms with Crippen molar-refractivity contribution in [2.45, 2.75) is 6.54 Å². The Labute approximate surface area is 98.1 Å². The minimum absolute atomic E-state index is 0.211. The van der Waals surface area contributed by atoms with Crippen LogP contribution in [0.2, 0.25) is 0 Å². The SMILES string of the molecule is N#Cc1ccc(C(=O)NCc2ccc[nH]2)cn1. The summed E-state index contributed by atoms with van der Waals surface area (Å²) in [4.78, 5) is 18.5. The molecule has 0 atom stereocenters. The number of H-pyrrole nitrogens is 1. The Bertz CT molecular complexity index is 537. The van der Waals surface area contributed by atoms with Crippen molar-refractivity contribution in [3.05, 3.63) is 53.6 Å². The highest BCUT2D eigenvalue weighted by atomic mass is 16.1. The van der Waals surface area contributed by atoms with Gasteiger partial charge in [-0.3, -0.25) is 4.79 Å². The minimum atomic E-state index is -0.211. The molecule has 0 bridgehead atoms. The van der Waals surface area contributed by atoms with Crippen LogP contribution in [0.25, 0.3) is 0 Å². The zero-order valence-corrected chi connectivity index (χ0v) is 8.97. The number of aromatic nitrogens is 2. The maximum Gasteiger partial charge on any atom is 0.253 e. The zero-order chi connectivity index (χ0) is 12.1. The van der Waals surface area contributed by atoms with E-state index in [9.17, 15) is 4.79 Å². The Morgan fingerprint density at radius 1 is 1.47 bits per heavy atom. The topological polar surface area (TPSA) is 81.6 Å². The zero-order valence-electron chi connectivity index (χ0n) is 8.97. The molecular formula is C12H10N4O. The summed E-state index contributed by atoms with van der Waals surface area (Å²) in [5.41, 5.74) is 1.67. The van der Waals surface area contributed by atoms with Crippen molar-refractivity contribution < 1.29 is 4.79 Å². The first-order chi connectivity index (χ1) is 8.29. The molecule has 2 N–H and O–H groups in total. The van der Waals surface area contributed by atoms with Crippen molar-refractivity contribution in [2.75, 3.05) is 0 Å². The van der Waals surface area contributed by atoms with E-state index in [0.29, 0.717) is 17.8 Å². The standard InChI is InChI=1S/C12H10N4O/c13-6-10-4-3-9(7-15-10)12(17)16-8-11-2-1-5-14-11/h1-5,7,14H,8H2,(H,16,17). The first-order valence-electron chi connectivity index (χ1n) is 5.06. The Morgan fingerprint density at radius 3 is 2.94 bits per heavy atom. The van der Waals surface area contributed by atoms with Gasteiger partial charge >= 0.3 is 0 Å². The van der Waals surface area contributed by atoms with Gasteiger partial charge < -0.3 is 10.3 Å². The van der Waals surface area contributed by atoms with E-state index >= 15 is 0 Å². The van der Waals surface area contributed by atoms with Crippen molar-refractivity contribution in [3.63, 3.8) is 0 Å². The van der Waals surface area contributed by atoms with Gasteiger partial charge in [-0.25, -0.2) is 4.98 Å². The lowest BCUT2D eigenvalue weighted by Crippen LogP contribution is -2.23. The van der Waals surface area contributed by atoms with Crippen LogP contribution in [-0.4, -0.2) is 15.9 Å². The molecule has 2 aromatic rings. The van der Waals surface area contributed by atoms with Gasteiger partial charge in [0.2, 0.25) is 0 Å². The van der Waals surface area contributed by atoms with Crippen molar-refractivity contribution in [2.24, 2.45) is 0 Å². The number of rotatable bonds is 3. The molecule has 0 aliphatic carbocycles. The van der Waals surface area contributed by atoms with E-state index in [1.165, 1.54) is 12.3 Å². The van der Waals surface area contributed by atoms with Crippen LogP contribution in [0.4, 0.5) is 0 Å². The Morgan fingerprint density at radius 2 is 2.35 bits per heavy atom. The molecular weight excluding hydrogens is 216 g/mol. The fourth-order valence-electron chi connectivity index (χ4n) is 1.35. The van der Waals surface area contributed by atoms with Crippen LogP contribution in [0.15, 0.2) is 36.7 Å². The summed E-state index contributed by atoms with van der Waals surface area (Å²) in [6.07, 6.45) is 3.19. The Balaban J connectivity index is 1.97. The predicted octanol–water partition coefficient (Wildman–Crippen LogP) is 1.21. The highest BCUT2D eigenvalue weighted by molar-refractivity contribution is 5.93. The summed E-state index contributed by atoms with van der Waals surface area (Å²) in [5.74, 6) is -0.211. The monoisotopic (exact) mass is 226 g/mol. The van der Waals surface area contributed by atoms with E-state index < -0.39 is 0 Å². The molecule has 0 aliphatic heterocycles. The van der Waals surface area contributed by atoms with Crippen LogP contribution in [0, 0.1) is 11.3 Å². The van der Waals surface area contributed by atoms with Crippen LogP contribution in [0.3, 0.4) is 0 Å². The fraction of sp³-hybridized carbons (Fsp3) is 0.0833. The molecule has 0 spiro atoms. The molecule has 0 aliphatic rings. The average Bonchev–Trinajstić information content (AvgIpc) is 2.89. The van der Waals surface area contributed by atoms with Gasteiger partial charge in [-0.1, -0.05) is 0 Å². The number of nitrogens with one attached hydrogen (secondary N) is 2. The van der Waals surface area contributed by atoms with E-state index in [-0.39, 0.29) is 5.91 Å². The maximum atomic E-state index is 11.7. The van der Waals surface area contributed by atoms with Crippen molar-refractivity contribution in [1.29, 1.82) is 5.26 Å². The van der Waals surface area contributed by atoms with E-state index in [2.05, 4.69) is 15.3 Å². The summed E-state index contributed by atoms with van der Waals surface area (Å²) >= 11 is 0. The van der Waals surface area contributed by atoms with Crippen LogP contribution in [0.1, 0.15) is 21.7 Å². The molecule has 84 valence electrons. The molecule has 0 saturated carbocycles. The van der Waals surface area contributed by atoms with E-state index in [4.69, 9.17) is 5.26 Å². The molecule has 2 aromatic heterocycles. The second kappa shape index (κ2) is 4.94. The number of hydrogen-bond donors (Lipinski definition) is 2. The van der Waals surface area contributed by atoms with Crippen molar-refractivity contribution in [1.82, 2.24) is 15.3 Å². The maximum absolute atomic E-state index is 11.7. The third-order valence-electron chi connectivity index (χ3n) is 2.24. The molecule has 5 nitrogen and oxygen atoms in total. The Kier molecular flexibility index (Phi) is 3.17. The number of aromatic amines is 1. The average molecular weight is 226 g/mol. The van der Waals surface area contributed by atoms with Gasteiger partial charge in [-0.05, 0) is 24.3 Å². The van der Waals surface area contributed by atoms with Crippen LogP contribution in [0.5, 0.6) is 0 Å². The number of carbonyl (C=O) groups excluding carboxylic acids is 1. The molecule has 17 heavy (non-hydrogen) atoms. The van der Waals surface area contributed by atoms with Crippen LogP contribution >= 0.6 is 0 Å². The van der Waals surface area contributed by atoms with Crippen LogP contribution in [-0.2, 0) is 6.54 Å². The van der Waals surface area contributed by atoms with Gasteiger partial charge in [0.05, 0.1) is 12.1 Å². The number of hydrogen-bond acceptors (Lipinski definition) is 3. The Hall–Kier alpha value is -2.61. The lowest BCUT2D eigenvalue weighted by molar-refractivity contribution is 0.0950. The number of pyridine rings is 1. The first kappa shape index (κ1) is 10.9. The summed E-state index contributed by atoms with van der Waals surface area (Å²) in [7, 11) is 0. The molecule has 0 saturated heterocycles. The third kappa shape index (κ3) is 2.69. The largest absolute Gasteiger partial charge is 0.364 e. The minimum Gasteiger partial charge on any atom is -0.364 e. The third-order valence-corrected chi connectivity index (χ3v) is 2.24. The van der Waals surface area contributed by atoms with Gasteiger partial charge in [0.25, 0.3) is 5.91 Å². The lowest BCUT2D eigenvalue weighted by Gasteiger charge is -2.03. The highest BCUT2D eigenvalue weighted by Gasteiger charge is 2.05. The molecule has 0 aromatic carbocycles. The van der Waals surface area contributed by atoms with Gasteiger partial charge in [-0.2, -0.15) is 5.26 Å². The molecule has 1 amide bonds. The molecule has 0 radical (unpaired) electrons. The summed E-state index contributed by atoms with van der Waals surface area (Å²) in [5, 5.41) is 11.3. The first-order valence-corrected chi connectivity index (χ1v) is 5.06. The summed E-state index contributed by atoms with van der Waals surface area (Å²) < 4.78 is 0. The summed E-state index contributed by atoms with van der Waals surface area (Å²) in [6, 6.07) is 8.75.